The van der Waals surface area contributed by atoms with Gasteiger partial charge in [-0.25, -0.2) is 9.69 Å². The third-order valence-electron chi connectivity index (χ3n) is 4.16. The molecule has 2 aromatic rings. The largest absolute Gasteiger partial charge is 0.491 e. The molecule has 0 saturated heterocycles. The number of halogens is 1. The van der Waals surface area contributed by atoms with Crippen LogP contribution in [0.15, 0.2) is 42.5 Å². The highest BCUT2D eigenvalue weighted by molar-refractivity contribution is 6.32. The molecule has 0 atom stereocenters. The van der Waals surface area contributed by atoms with E-state index >= 15 is 0 Å². The van der Waals surface area contributed by atoms with E-state index in [1.54, 1.807) is 36.4 Å². The van der Waals surface area contributed by atoms with Crippen LogP contribution in [0.3, 0.4) is 0 Å². The van der Waals surface area contributed by atoms with Gasteiger partial charge in [0.25, 0.3) is 11.8 Å². The van der Waals surface area contributed by atoms with E-state index in [2.05, 4.69) is 0 Å². The SMILES string of the molecule is CCOc1cc(/C=C/C(=O)OCN2C(=O)c3ccccc3C2=O)cc(Cl)c1OC. The molecule has 1 aliphatic rings. The Labute approximate surface area is 172 Å². The average molecular weight is 416 g/mol. The van der Waals surface area contributed by atoms with Gasteiger partial charge in [0.1, 0.15) is 0 Å². The topological polar surface area (TPSA) is 82.1 Å². The smallest absolute Gasteiger partial charge is 0.332 e. The number of rotatable bonds is 7. The second kappa shape index (κ2) is 8.79. The molecule has 8 heteroatoms. The summed E-state index contributed by atoms with van der Waals surface area (Å²) in [5.41, 5.74) is 1.18. The van der Waals surface area contributed by atoms with Crippen molar-refractivity contribution in [1.29, 1.82) is 0 Å². The van der Waals surface area contributed by atoms with Crippen LogP contribution in [0, 0.1) is 0 Å². The van der Waals surface area contributed by atoms with Crippen LogP contribution in [-0.2, 0) is 9.53 Å². The standard InChI is InChI=1S/C21H18ClNO6/c1-3-28-17-11-13(10-16(22)19(17)27-2)8-9-18(24)29-12-23-20(25)14-6-4-5-7-15(14)21(23)26/h4-11H,3,12H2,1-2H3/b9-8+. The van der Waals surface area contributed by atoms with Gasteiger partial charge in [0, 0.05) is 6.08 Å². The highest BCUT2D eigenvalue weighted by atomic mass is 35.5. The second-order valence-electron chi connectivity index (χ2n) is 5.98. The molecule has 0 aromatic heterocycles. The minimum Gasteiger partial charge on any atom is -0.491 e. The number of fused-ring (bicyclic) bond motifs is 1. The molecule has 0 spiro atoms. The number of hydrogen-bond acceptors (Lipinski definition) is 6. The van der Waals surface area contributed by atoms with Gasteiger partial charge in [-0.1, -0.05) is 23.7 Å². The Balaban J connectivity index is 1.65. The van der Waals surface area contributed by atoms with E-state index in [0.29, 0.717) is 39.8 Å². The lowest BCUT2D eigenvalue weighted by molar-refractivity contribution is -0.140. The molecule has 0 aliphatic carbocycles. The maximum absolute atomic E-state index is 12.3. The predicted octanol–water partition coefficient (Wildman–Crippen LogP) is 3.56. The van der Waals surface area contributed by atoms with Gasteiger partial charge in [-0.3, -0.25) is 9.59 Å². The third-order valence-corrected chi connectivity index (χ3v) is 4.44. The number of imide groups is 1. The molecule has 0 unspecified atom stereocenters. The molecule has 29 heavy (non-hydrogen) atoms. The zero-order valence-electron chi connectivity index (χ0n) is 15.8. The van der Waals surface area contributed by atoms with E-state index in [4.69, 9.17) is 25.8 Å². The first kappa shape index (κ1) is 20.4. The van der Waals surface area contributed by atoms with Crippen LogP contribution in [0.25, 0.3) is 6.08 Å². The van der Waals surface area contributed by atoms with E-state index in [9.17, 15) is 14.4 Å². The number of amides is 2. The van der Waals surface area contributed by atoms with Crippen molar-refractivity contribution in [2.24, 2.45) is 0 Å². The van der Waals surface area contributed by atoms with Crippen molar-refractivity contribution in [3.8, 4) is 11.5 Å². The number of carbonyl (C=O) groups is 3. The van der Waals surface area contributed by atoms with Gasteiger partial charge in [0.05, 0.1) is 29.9 Å². The van der Waals surface area contributed by atoms with Crippen molar-refractivity contribution >= 4 is 35.5 Å². The number of benzene rings is 2. The van der Waals surface area contributed by atoms with E-state index in [-0.39, 0.29) is 0 Å². The first-order valence-electron chi connectivity index (χ1n) is 8.76. The second-order valence-corrected chi connectivity index (χ2v) is 6.38. The first-order valence-corrected chi connectivity index (χ1v) is 9.14. The predicted molar refractivity (Wildman–Crippen MR) is 106 cm³/mol. The fourth-order valence-corrected chi connectivity index (χ4v) is 3.14. The van der Waals surface area contributed by atoms with Crippen LogP contribution >= 0.6 is 11.6 Å². The molecule has 150 valence electrons. The lowest BCUT2D eigenvalue weighted by atomic mass is 10.1. The van der Waals surface area contributed by atoms with Crippen molar-refractivity contribution in [2.45, 2.75) is 6.92 Å². The monoisotopic (exact) mass is 415 g/mol. The summed E-state index contributed by atoms with van der Waals surface area (Å²) >= 11 is 6.17. The fourth-order valence-electron chi connectivity index (χ4n) is 2.84. The van der Waals surface area contributed by atoms with E-state index in [1.165, 1.54) is 19.3 Å². The Morgan fingerprint density at radius 3 is 2.38 bits per heavy atom. The molecular weight excluding hydrogens is 398 g/mol. The Morgan fingerprint density at radius 1 is 1.14 bits per heavy atom. The van der Waals surface area contributed by atoms with E-state index in [1.807, 2.05) is 6.92 Å². The van der Waals surface area contributed by atoms with Crippen LogP contribution in [0.2, 0.25) is 5.02 Å². The number of hydrogen-bond donors (Lipinski definition) is 0. The van der Waals surface area contributed by atoms with Crippen LogP contribution < -0.4 is 9.47 Å². The molecule has 0 N–H and O–H groups in total. The Hall–Kier alpha value is -3.32. The number of ether oxygens (including phenoxy) is 3. The normalized spacial score (nSPS) is 13.0. The van der Waals surface area contributed by atoms with Gasteiger partial charge in [-0.15, -0.1) is 0 Å². The number of esters is 1. The first-order chi connectivity index (χ1) is 14.0. The van der Waals surface area contributed by atoms with Crippen molar-refractivity contribution in [3.05, 3.63) is 64.2 Å². The van der Waals surface area contributed by atoms with Crippen LogP contribution in [-0.4, -0.2) is 43.1 Å². The summed E-state index contributed by atoms with van der Waals surface area (Å²) in [6.07, 6.45) is 2.66. The van der Waals surface area contributed by atoms with Gasteiger partial charge in [-0.05, 0) is 42.8 Å². The molecule has 1 heterocycles. The summed E-state index contributed by atoms with van der Waals surface area (Å²) in [5, 5.41) is 0.331. The van der Waals surface area contributed by atoms with Gasteiger partial charge in [0.15, 0.2) is 18.2 Å². The van der Waals surface area contributed by atoms with Gasteiger partial charge in [0.2, 0.25) is 0 Å². The van der Waals surface area contributed by atoms with Crippen molar-refractivity contribution in [3.63, 3.8) is 0 Å². The zero-order chi connectivity index (χ0) is 21.0. The highest BCUT2D eigenvalue weighted by Gasteiger charge is 2.35. The van der Waals surface area contributed by atoms with Crippen molar-refractivity contribution < 1.29 is 28.6 Å². The lowest BCUT2D eigenvalue weighted by Gasteiger charge is -2.13. The number of nitrogens with zero attached hydrogens (tertiary/aromatic N) is 1. The molecule has 2 aromatic carbocycles. The van der Waals surface area contributed by atoms with Crippen molar-refractivity contribution in [2.75, 3.05) is 20.4 Å². The van der Waals surface area contributed by atoms with Gasteiger partial charge >= 0.3 is 5.97 Å². The maximum atomic E-state index is 12.3. The Kier molecular flexibility index (Phi) is 6.19. The molecule has 2 amide bonds. The summed E-state index contributed by atoms with van der Waals surface area (Å²) < 4.78 is 15.7. The quantitative estimate of drug-likeness (QED) is 0.390. The van der Waals surface area contributed by atoms with E-state index < -0.39 is 24.5 Å². The van der Waals surface area contributed by atoms with Crippen LogP contribution in [0.4, 0.5) is 0 Å². The van der Waals surface area contributed by atoms with Crippen molar-refractivity contribution in [1.82, 2.24) is 4.90 Å². The molecule has 1 aliphatic heterocycles. The minimum absolute atomic E-state index is 0.292. The van der Waals surface area contributed by atoms with E-state index in [0.717, 1.165) is 4.90 Å². The summed E-state index contributed by atoms with van der Waals surface area (Å²) in [7, 11) is 1.48. The van der Waals surface area contributed by atoms with Crippen LogP contribution in [0.1, 0.15) is 33.2 Å². The lowest BCUT2D eigenvalue weighted by Crippen LogP contribution is -2.32. The minimum atomic E-state index is -0.716. The average Bonchev–Trinajstić information content (AvgIpc) is 2.95. The molecule has 0 bridgehead atoms. The molecule has 0 fully saturated rings. The fraction of sp³-hybridized carbons (Fsp3) is 0.190. The molecule has 3 rings (SSSR count). The maximum Gasteiger partial charge on any atom is 0.332 e. The number of methoxy groups -OCH3 is 1. The summed E-state index contributed by atoms with van der Waals surface area (Å²) in [6, 6.07) is 9.72. The van der Waals surface area contributed by atoms with Crippen LogP contribution in [0.5, 0.6) is 11.5 Å². The molecular formula is C21H18ClNO6. The molecule has 0 saturated carbocycles. The highest BCUT2D eigenvalue weighted by Crippen LogP contribution is 2.36. The third kappa shape index (κ3) is 4.25. The van der Waals surface area contributed by atoms with Gasteiger partial charge < -0.3 is 14.2 Å². The van der Waals surface area contributed by atoms with Gasteiger partial charge in [-0.2, -0.15) is 0 Å². The number of carbonyl (C=O) groups excluding carboxylic acids is 3. The zero-order valence-corrected chi connectivity index (χ0v) is 16.6. The molecule has 7 nitrogen and oxygen atoms in total. The summed E-state index contributed by atoms with van der Waals surface area (Å²) in [4.78, 5) is 37.4. The molecule has 0 radical (unpaired) electrons. The summed E-state index contributed by atoms with van der Waals surface area (Å²) in [6.45, 7) is 1.78. The Morgan fingerprint density at radius 2 is 1.79 bits per heavy atom. The summed E-state index contributed by atoms with van der Waals surface area (Å²) in [5.74, 6) is -0.858. The Bertz CT molecular complexity index is 966.